The molecule has 0 saturated carbocycles. The molecule has 2 heterocycles. The van der Waals surface area contributed by atoms with Crippen molar-refractivity contribution in [2.75, 3.05) is 20.2 Å². The van der Waals surface area contributed by atoms with Crippen molar-refractivity contribution in [3.8, 4) is 0 Å². The van der Waals surface area contributed by atoms with Crippen LogP contribution in [0.15, 0.2) is 18.6 Å². The van der Waals surface area contributed by atoms with E-state index < -0.39 is 5.60 Å². The number of H-pyrrole nitrogens is 1. The maximum Gasteiger partial charge on any atom is 0.246 e. The van der Waals surface area contributed by atoms with Crippen LogP contribution in [0.5, 0.6) is 0 Å². The van der Waals surface area contributed by atoms with E-state index in [0.29, 0.717) is 19.5 Å². The number of aromatic amines is 1. The van der Waals surface area contributed by atoms with Gasteiger partial charge >= 0.3 is 0 Å². The summed E-state index contributed by atoms with van der Waals surface area (Å²) in [6.07, 6.45) is 8.89. The van der Waals surface area contributed by atoms with Gasteiger partial charge in [0.25, 0.3) is 0 Å². The van der Waals surface area contributed by atoms with Gasteiger partial charge in [0.1, 0.15) is 0 Å². The van der Waals surface area contributed by atoms with Crippen LogP contribution in [0, 0.1) is 0 Å². The number of nitrogens with one attached hydrogen (secondary N) is 1. The number of primary amides is 1. The van der Waals surface area contributed by atoms with Crippen LogP contribution in [0.1, 0.15) is 31.4 Å². The van der Waals surface area contributed by atoms with Crippen LogP contribution in [-0.2, 0) is 14.3 Å². The largest absolute Gasteiger partial charge is 0.376 e. The second-order valence-corrected chi connectivity index (χ2v) is 5.56. The van der Waals surface area contributed by atoms with E-state index in [2.05, 4.69) is 9.97 Å². The van der Waals surface area contributed by atoms with Crippen molar-refractivity contribution in [1.82, 2.24) is 14.9 Å². The molecule has 120 valence electrons. The van der Waals surface area contributed by atoms with Gasteiger partial charge < -0.3 is 20.4 Å². The quantitative estimate of drug-likeness (QED) is 0.755. The molecule has 22 heavy (non-hydrogen) atoms. The highest BCUT2D eigenvalue weighted by atomic mass is 16.5. The Labute approximate surface area is 129 Å². The van der Waals surface area contributed by atoms with Crippen LogP contribution in [-0.4, -0.2) is 52.5 Å². The Morgan fingerprint density at radius 1 is 1.59 bits per heavy atom. The van der Waals surface area contributed by atoms with Gasteiger partial charge in [-0.15, -0.1) is 0 Å². The molecule has 3 N–H and O–H groups in total. The monoisotopic (exact) mass is 306 g/mol. The van der Waals surface area contributed by atoms with Gasteiger partial charge in [0.2, 0.25) is 11.8 Å². The number of piperidine rings is 1. The molecule has 1 fully saturated rings. The number of aromatic nitrogens is 2. The zero-order valence-corrected chi connectivity index (χ0v) is 12.7. The van der Waals surface area contributed by atoms with E-state index in [0.717, 1.165) is 18.5 Å². The molecular formula is C15H22N4O3. The van der Waals surface area contributed by atoms with Crippen LogP contribution in [0.3, 0.4) is 0 Å². The average Bonchev–Trinajstić information content (AvgIpc) is 3.04. The summed E-state index contributed by atoms with van der Waals surface area (Å²) in [6.45, 7) is 1.16. The Bertz CT molecular complexity index is 541. The van der Waals surface area contributed by atoms with Crippen LogP contribution in [0.25, 0.3) is 6.08 Å². The highest BCUT2D eigenvalue weighted by Crippen LogP contribution is 2.29. The van der Waals surface area contributed by atoms with Crippen molar-refractivity contribution in [2.24, 2.45) is 5.73 Å². The predicted octanol–water partition coefficient (Wildman–Crippen LogP) is 0.696. The number of hydrogen-bond acceptors (Lipinski definition) is 4. The Morgan fingerprint density at radius 3 is 3.05 bits per heavy atom. The minimum atomic E-state index is -0.481. The second-order valence-electron chi connectivity index (χ2n) is 5.56. The van der Waals surface area contributed by atoms with Gasteiger partial charge in [0.05, 0.1) is 23.8 Å². The number of nitrogens with two attached hydrogens (primary N) is 1. The molecule has 1 aliphatic heterocycles. The molecule has 0 radical (unpaired) electrons. The van der Waals surface area contributed by atoms with Gasteiger partial charge in [-0.1, -0.05) is 0 Å². The lowest BCUT2D eigenvalue weighted by molar-refractivity contribution is -0.136. The highest BCUT2D eigenvalue weighted by molar-refractivity contribution is 5.91. The fourth-order valence-electron chi connectivity index (χ4n) is 2.73. The molecule has 1 aromatic rings. The van der Waals surface area contributed by atoms with E-state index in [-0.39, 0.29) is 18.2 Å². The number of rotatable bonds is 6. The molecule has 7 heteroatoms. The van der Waals surface area contributed by atoms with Crippen molar-refractivity contribution >= 4 is 17.9 Å². The molecular weight excluding hydrogens is 284 g/mol. The minimum Gasteiger partial charge on any atom is -0.376 e. The number of imidazole rings is 1. The van der Waals surface area contributed by atoms with Crippen LogP contribution < -0.4 is 5.73 Å². The third-order valence-corrected chi connectivity index (χ3v) is 4.04. The normalized spacial score (nSPS) is 22.1. The SMILES string of the molecule is CO[C@]1(CCC(N)=O)CCCN(C(=O)/C=C/c2cnc[nH]2)C1. The van der Waals surface area contributed by atoms with Crippen LogP contribution in [0.4, 0.5) is 0 Å². The van der Waals surface area contributed by atoms with E-state index in [9.17, 15) is 9.59 Å². The van der Waals surface area contributed by atoms with Crippen LogP contribution in [0.2, 0.25) is 0 Å². The second kappa shape index (κ2) is 7.22. The summed E-state index contributed by atoms with van der Waals surface area (Å²) in [4.78, 5) is 31.9. The maximum absolute atomic E-state index is 12.3. The number of nitrogens with zero attached hydrogens (tertiary/aromatic N) is 2. The summed E-state index contributed by atoms with van der Waals surface area (Å²) in [5.74, 6) is -0.422. The van der Waals surface area contributed by atoms with Crippen LogP contribution >= 0.6 is 0 Å². The number of amides is 2. The van der Waals surface area contributed by atoms with Gasteiger partial charge in [0, 0.05) is 32.7 Å². The first-order chi connectivity index (χ1) is 10.5. The Balaban J connectivity index is 1.99. The summed E-state index contributed by atoms with van der Waals surface area (Å²) in [5, 5.41) is 0. The van der Waals surface area contributed by atoms with Gasteiger partial charge in [-0.2, -0.15) is 0 Å². The average molecular weight is 306 g/mol. The molecule has 1 aliphatic rings. The third kappa shape index (κ3) is 4.17. The molecule has 2 rings (SSSR count). The van der Waals surface area contributed by atoms with E-state index in [1.807, 2.05) is 0 Å². The topological polar surface area (TPSA) is 101 Å². The Morgan fingerprint density at radius 2 is 2.41 bits per heavy atom. The molecule has 2 amide bonds. The lowest BCUT2D eigenvalue weighted by Crippen LogP contribution is -2.51. The number of carbonyl (C=O) groups excluding carboxylic acids is 2. The number of ether oxygens (including phenoxy) is 1. The maximum atomic E-state index is 12.3. The van der Waals surface area contributed by atoms with Crippen molar-refractivity contribution < 1.29 is 14.3 Å². The van der Waals surface area contributed by atoms with Gasteiger partial charge in [-0.25, -0.2) is 4.98 Å². The van der Waals surface area contributed by atoms with E-state index in [1.165, 1.54) is 6.08 Å². The first-order valence-corrected chi connectivity index (χ1v) is 7.33. The number of methoxy groups -OCH3 is 1. The molecule has 1 saturated heterocycles. The summed E-state index contributed by atoms with van der Waals surface area (Å²) in [5.41, 5.74) is 5.52. The Kier molecular flexibility index (Phi) is 5.32. The van der Waals surface area contributed by atoms with Crippen molar-refractivity contribution in [2.45, 2.75) is 31.3 Å². The van der Waals surface area contributed by atoms with E-state index in [1.54, 1.807) is 30.6 Å². The predicted molar refractivity (Wildman–Crippen MR) is 81.6 cm³/mol. The standard InChI is InChI=1S/C15H22N4O3/c1-22-15(7-5-13(16)20)6-2-8-19(10-15)14(21)4-3-12-9-17-11-18-12/h3-4,9,11H,2,5-8,10H2,1H3,(H2,16,20)(H,17,18)/b4-3+/t15-/m0/s1. The first-order valence-electron chi connectivity index (χ1n) is 7.33. The molecule has 1 aromatic heterocycles. The Hall–Kier alpha value is -2.15. The number of carbonyl (C=O) groups is 2. The van der Waals surface area contributed by atoms with Crippen molar-refractivity contribution in [3.05, 3.63) is 24.3 Å². The molecule has 0 aliphatic carbocycles. The first kappa shape index (κ1) is 16.2. The number of likely N-dealkylation sites (tertiary alicyclic amines) is 1. The summed E-state index contributed by atoms with van der Waals surface area (Å²) < 4.78 is 5.62. The molecule has 0 aromatic carbocycles. The molecule has 0 bridgehead atoms. The van der Waals surface area contributed by atoms with E-state index >= 15 is 0 Å². The van der Waals surface area contributed by atoms with Gasteiger partial charge in [-0.3, -0.25) is 9.59 Å². The van der Waals surface area contributed by atoms with E-state index in [4.69, 9.17) is 10.5 Å². The lowest BCUT2D eigenvalue weighted by Gasteiger charge is -2.41. The van der Waals surface area contributed by atoms with Gasteiger partial charge in [0.15, 0.2) is 0 Å². The molecule has 7 nitrogen and oxygen atoms in total. The molecule has 0 unspecified atom stereocenters. The fourth-order valence-corrected chi connectivity index (χ4v) is 2.73. The molecule has 0 spiro atoms. The number of hydrogen-bond donors (Lipinski definition) is 2. The minimum absolute atomic E-state index is 0.0743. The fraction of sp³-hybridized carbons (Fsp3) is 0.533. The van der Waals surface area contributed by atoms with Crippen molar-refractivity contribution in [1.29, 1.82) is 0 Å². The smallest absolute Gasteiger partial charge is 0.246 e. The summed E-state index contributed by atoms with van der Waals surface area (Å²) in [6, 6.07) is 0. The summed E-state index contributed by atoms with van der Waals surface area (Å²) >= 11 is 0. The zero-order chi connectivity index (χ0) is 16.0. The molecule has 1 atom stereocenters. The highest BCUT2D eigenvalue weighted by Gasteiger charge is 2.36. The third-order valence-electron chi connectivity index (χ3n) is 4.04. The summed E-state index contributed by atoms with van der Waals surface area (Å²) in [7, 11) is 1.62. The van der Waals surface area contributed by atoms with Crippen molar-refractivity contribution in [3.63, 3.8) is 0 Å². The zero-order valence-electron chi connectivity index (χ0n) is 12.7. The lowest BCUT2D eigenvalue weighted by atomic mass is 9.87. The van der Waals surface area contributed by atoms with Gasteiger partial charge in [-0.05, 0) is 25.3 Å².